The van der Waals surface area contributed by atoms with Gasteiger partial charge in [-0.3, -0.25) is 0 Å². The van der Waals surface area contributed by atoms with E-state index in [0.717, 1.165) is 24.5 Å². The van der Waals surface area contributed by atoms with Gasteiger partial charge in [-0.15, -0.1) is 11.3 Å². The third kappa shape index (κ3) is 2.78. The number of nitrogens with one attached hydrogen (secondary N) is 1. The lowest BCUT2D eigenvalue weighted by Gasteiger charge is -2.36. The Hall–Kier alpha value is -0.450. The number of rotatable bonds is 4. The zero-order valence-electron chi connectivity index (χ0n) is 13.1. The summed E-state index contributed by atoms with van der Waals surface area (Å²) < 4.78 is 0. The van der Waals surface area contributed by atoms with Crippen LogP contribution in [0.15, 0.2) is 0 Å². The van der Waals surface area contributed by atoms with E-state index in [9.17, 15) is 0 Å². The lowest BCUT2D eigenvalue weighted by Crippen LogP contribution is -2.42. The van der Waals surface area contributed by atoms with Crippen molar-refractivity contribution in [3.05, 3.63) is 15.6 Å². The summed E-state index contributed by atoms with van der Waals surface area (Å²) in [6.07, 6.45) is 5.58. The number of hydrogen-bond donors (Lipinski definition) is 1. The Bertz CT molecular complexity index is 456. The van der Waals surface area contributed by atoms with Crippen molar-refractivity contribution in [2.45, 2.75) is 64.6 Å². The molecule has 2 aliphatic heterocycles. The molecule has 0 aliphatic carbocycles. The van der Waals surface area contributed by atoms with E-state index in [1.165, 1.54) is 41.3 Å². The summed E-state index contributed by atoms with van der Waals surface area (Å²) >= 11 is 1.81. The highest BCUT2D eigenvalue weighted by atomic mass is 32.1. The molecular weight excluding hydrogens is 266 g/mol. The summed E-state index contributed by atoms with van der Waals surface area (Å²) in [4.78, 5) is 8.66. The van der Waals surface area contributed by atoms with E-state index in [4.69, 9.17) is 0 Å². The van der Waals surface area contributed by atoms with Gasteiger partial charge in [-0.2, -0.15) is 0 Å². The van der Waals surface area contributed by atoms with Crippen molar-refractivity contribution in [2.24, 2.45) is 5.92 Å². The van der Waals surface area contributed by atoms with Gasteiger partial charge in [-0.05, 0) is 66.0 Å². The van der Waals surface area contributed by atoms with E-state index >= 15 is 0 Å². The molecule has 3 heterocycles. The summed E-state index contributed by atoms with van der Waals surface area (Å²) in [7, 11) is 2.32. The molecule has 1 N–H and O–H groups in total. The van der Waals surface area contributed by atoms with Gasteiger partial charge in [-0.25, -0.2) is 4.98 Å². The number of nitrogens with zero attached hydrogens (tertiary/aromatic N) is 2. The van der Waals surface area contributed by atoms with Gasteiger partial charge in [0.05, 0.1) is 10.7 Å². The van der Waals surface area contributed by atoms with Crippen LogP contribution in [0.4, 0.5) is 0 Å². The maximum atomic E-state index is 4.68. The van der Waals surface area contributed by atoms with Gasteiger partial charge in [0.25, 0.3) is 0 Å². The fourth-order valence-corrected chi connectivity index (χ4v) is 4.99. The Morgan fingerprint density at radius 2 is 1.95 bits per heavy atom. The van der Waals surface area contributed by atoms with Crippen molar-refractivity contribution in [1.82, 2.24) is 15.2 Å². The van der Waals surface area contributed by atoms with E-state index in [-0.39, 0.29) is 0 Å². The lowest BCUT2D eigenvalue weighted by molar-refractivity contribution is 0.131. The van der Waals surface area contributed by atoms with Crippen LogP contribution < -0.4 is 5.32 Å². The first-order valence-corrected chi connectivity index (χ1v) is 8.75. The van der Waals surface area contributed by atoms with E-state index in [0.29, 0.717) is 6.04 Å². The quantitative estimate of drug-likeness (QED) is 0.923. The van der Waals surface area contributed by atoms with Gasteiger partial charge in [0, 0.05) is 23.0 Å². The predicted molar refractivity (Wildman–Crippen MR) is 85.3 cm³/mol. The fourth-order valence-electron chi connectivity index (χ4n) is 4.08. The minimum absolute atomic E-state index is 0.386. The van der Waals surface area contributed by atoms with Gasteiger partial charge in [0.2, 0.25) is 0 Å². The molecule has 0 amide bonds. The van der Waals surface area contributed by atoms with Crippen LogP contribution >= 0.6 is 11.3 Å². The summed E-state index contributed by atoms with van der Waals surface area (Å²) in [5.41, 5.74) is 1.25. The smallest absolute Gasteiger partial charge is 0.0900 e. The van der Waals surface area contributed by atoms with Gasteiger partial charge >= 0.3 is 0 Å². The van der Waals surface area contributed by atoms with Crippen LogP contribution in [0.2, 0.25) is 0 Å². The van der Waals surface area contributed by atoms with E-state index in [1.54, 1.807) is 0 Å². The highest BCUT2D eigenvalue weighted by Gasteiger charge is 2.38. The van der Waals surface area contributed by atoms with Gasteiger partial charge < -0.3 is 10.2 Å². The molecule has 0 radical (unpaired) electrons. The molecule has 3 atom stereocenters. The SMILES string of the molecule is Cc1nc(C(C)NCC2CC3CCC(C2)N3C)c(C)s1. The number of hydrogen-bond acceptors (Lipinski definition) is 4. The van der Waals surface area contributed by atoms with Gasteiger partial charge in [0.1, 0.15) is 0 Å². The zero-order valence-corrected chi connectivity index (χ0v) is 14.0. The molecular formula is C16H27N3S. The van der Waals surface area contributed by atoms with Crippen molar-refractivity contribution in [2.75, 3.05) is 13.6 Å². The fraction of sp³-hybridized carbons (Fsp3) is 0.812. The molecule has 1 aromatic rings. The van der Waals surface area contributed by atoms with E-state index in [1.807, 2.05) is 11.3 Å². The third-order valence-corrected chi connectivity index (χ3v) is 6.16. The molecule has 2 saturated heterocycles. The second-order valence-corrected chi connectivity index (χ2v) is 8.10. The average molecular weight is 293 g/mol. The normalized spacial score (nSPS) is 31.7. The second kappa shape index (κ2) is 5.74. The Morgan fingerprint density at radius 3 is 2.50 bits per heavy atom. The van der Waals surface area contributed by atoms with Gasteiger partial charge in [0.15, 0.2) is 0 Å². The Balaban J connectivity index is 1.54. The minimum atomic E-state index is 0.386. The van der Waals surface area contributed by atoms with Crippen LogP contribution in [0.1, 0.15) is 54.2 Å². The first-order chi connectivity index (χ1) is 9.54. The monoisotopic (exact) mass is 293 g/mol. The molecule has 0 saturated carbocycles. The van der Waals surface area contributed by atoms with E-state index < -0.39 is 0 Å². The summed E-state index contributed by atoms with van der Waals surface area (Å²) in [6, 6.07) is 2.08. The number of aryl methyl sites for hydroxylation is 2. The molecule has 1 aromatic heterocycles. The molecule has 0 aromatic carbocycles. The molecule has 3 nitrogen and oxygen atoms in total. The first-order valence-electron chi connectivity index (χ1n) is 7.94. The molecule has 0 spiro atoms. The molecule has 20 heavy (non-hydrogen) atoms. The lowest BCUT2D eigenvalue weighted by atomic mass is 9.91. The second-order valence-electron chi connectivity index (χ2n) is 6.69. The summed E-state index contributed by atoms with van der Waals surface area (Å²) in [5.74, 6) is 0.853. The molecule has 2 bridgehead atoms. The molecule has 112 valence electrons. The van der Waals surface area contributed by atoms with E-state index in [2.05, 4.69) is 43.0 Å². The maximum Gasteiger partial charge on any atom is 0.0900 e. The Morgan fingerprint density at radius 1 is 1.30 bits per heavy atom. The van der Waals surface area contributed by atoms with Crippen molar-refractivity contribution in [3.63, 3.8) is 0 Å². The third-order valence-electron chi connectivity index (χ3n) is 5.26. The zero-order chi connectivity index (χ0) is 14.3. The highest BCUT2D eigenvalue weighted by molar-refractivity contribution is 7.11. The molecule has 3 unspecified atom stereocenters. The van der Waals surface area contributed by atoms with Crippen molar-refractivity contribution < 1.29 is 0 Å². The van der Waals surface area contributed by atoms with Crippen molar-refractivity contribution >= 4 is 11.3 Å². The van der Waals surface area contributed by atoms with Crippen molar-refractivity contribution in [1.29, 1.82) is 0 Å². The standard InChI is InChI=1S/C16H27N3S/c1-10(16-11(2)20-12(3)18-16)17-9-13-7-14-5-6-15(8-13)19(14)4/h10,13-15,17H,5-9H2,1-4H3. The summed E-state index contributed by atoms with van der Waals surface area (Å²) in [6.45, 7) is 7.69. The predicted octanol–water partition coefficient (Wildman–Crippen LogP) is 3.28. The molecule has 2 fully saturated rings. The van der Waals surface area contributed by atoms with Crippen LogP contribution in [0.25, 0.3) is 0 Å². The largest absolute Gasteiger partial charge is 0.309 e. The Labute approximate surface area is 126 Å². The van der Waals surface area contributed by atoms with Crippen LogP contribution in [-0.4, -0.2) is 35.6 Å². The molecule has 2 aliphatic rings. The van der Waals surface area contributed by atoms with Crippen LogP contribution in [0.3, 0.4) is 0 Å². The van der Waals surface area contributed by atoms with Crippen molar-refractivity contribution in [3.8, 4) is 0 Å². The number of fused-ring (bicyclic) bond motifs is 2. The molecule has 3 rings (SSSR count). The summed E-state index contributed by atoms with van der Waals surface area (Å²) in [5, 5.41) is 4.92. The number of aromatic nitrogens is 1. The van der Waals surface area contributed by atoms with Crippen LogP contribution in [-0.2, 0) is 0 Å². The van der Waals surface area contributed by atoms with Gasteiger partial charge in [-0.1, -0.05) is 0 Å². The topological polar surface area (TPSA) is 28.2 Å². The Kier molecular flexibility index (Phi) is 4.16. The number of piperidine rings is 1. The van der Waals surface area contributed by atoms with Crippen LogP contribution in [0, 0.1) is 19.8 Å². The first kappa shape index (κ1) is 14.5. The highest BCUT2D eigenvalue weighted by Crippen LogP contribution is 2.37. The number of thiazole rings is 1. The minimum Gasteiger partial charge on any atom is -0.309 e. The maximum absolute atomic E-state index is 4.68. The average Bonchev–Trinajstić information content (AvgIpc) is 2.83. The molecule has 4 heteroatoms. The van der Waals surface area contributed by atoms with Crippen LogP contribution in [0.5, 0.6) is 0 Å².